The molecule has 1 aromatic carbocycles. The zero-order valence-corrected chi connectivity index (χ0v) is 12.6. The quantitative estimate of drug-likeness (QED) is 0.775. The third kappa shape index (κ3) is 2.84. The highest BCUT2D eigenvalue weighted by atomic mass is 35.5. The van der Waals surface area contributed by atoms with Gasteiger partial charge in [-0.15, -0.1) is 0 Å². The molecule has 2 N–H and O–H groups in total. The van der Waals surface area contributed by atoms with Gasteiger partial charge in [0, 0.05) is 16.9 Å². The van der Waals surface area contributed by atoms with E-state index in [9.17, 15) is 4.79 Å². The van der Waals surface area contributed by atoms with Gasteiger partial charge in [0.2, 0.25) is 0 Å². The lowest BCUT2D eigenvalue weighted by molar-refractivity contribution is 0.102. The van der Waals surface area contributed by atoms with E-state index < -0.39 is 0 Å². The number of hydrogen-bond acceptors (Lipinski definition) is 3. The first-order valence-corrected chi connectivity index (χ1v) is 7.06. The molecule has 0 unspecified atom stereocenters. The van der Waals surface area contributed by atoms with Crippen molar-refractivity contribution < 1.29 is 4.79 Å². The Morgan fingerprint density at radius 3 is 2.82 bits per heavy atom. The summed E-state index contributed by atoms with van der Waals surface area (Å²) in [6, 6.07) is 12.6. The number of amides is 1. The van der Waals surface area contributed by atoms with Crippen molar-refractivity contribution in [2.45, 2.75) is 6.92 Å². The number of carbonyl (C=O) groups is 1. The van der Waals surface area contributed by atoms with Crippen LogP contribution in [0.3, 0.4) is 0 Å². The maximum atomic E-state index is 12.3. The minimum atomic E-state index is -0.278. The maximum Gasteiger partial charge on any atom is 0.273 e. The van der Waals surface area contributed by atoms with Crippen LogP contribution in [-0.4, -0.2) is 21.1 Å². The molecule has 110 valence electrons. The van der Waals surface area contributed by atoms with Crippen molar-refractivity contribution in [1.29, 1.82) is 0 Å². The van der Waals surface area contributed by atoms with Gasteiger partial charge in [0.15, 0.2) is 0 Å². The Kier molecular flexibility index (Phi) is 3.89. The highest BCUT2D eigenvalue weighted by molar-refractivity contribution is 6.31. The van der Waals surface area contributed by atoms with Crippen LogP contribution in [0.15, 0.2) is 48.7 Å². The summed E-state index contributed by atoms with van der Waals surface area (Å²) in [6.07, 6.45) is 1.68. The molecule has 0 spiro atoms. The third-order valence-electron chi connectivity index (χ3n) is 3.27. The average Bonchev–Trinajstić information content (AvgIpc) is 3.03. The molecule has 0 fully saturated rings. The van der Waals surface area contributed by atoms with E-state index >= 15 is 0 Å². The van der Waals surface area contributed by atoms with Gasteiger partial charge in [-0.3, -0.25) is 14.9 Å². The molecule has 2 heterocycles. The molecule has 0 bridgehead atoms. The molecule has 3 aromatic rings. The number of nitrogens with zero attached hydrogens (tertiary/aromatic N) is 2. The van der Waals surface area contributed by atoms with Crippen molar-refractivity contribution in [3.8, 4) is 11.4 Å². The number of H-pyrrole nitrogens is 1. The first-order valence-electron chi connectivity index (χ1n) is 6.68. The van der Waals surface area contributed by atoms with Crippen LogP contribution >= 0.6 is 11.6 Å². The van der Waals surface area contributed by atoms with Crippen LogP contribution < -0.4 is 5.32 Å². The van der Waals surface area contributed by atoms with Gasteiger partial charge in [-0.25, -0.2) is 0 Å². The number of pyridine rings is 1. The van der Waals surface area contributed by atoms with E-state index in [1.165, 1.54) is 0 Å². The molecule has 0 aliphatic carbocycles. The standard InChI is InChI=1S/C16H13ClN4O/c1-10-11(17)5-4-7-12(10)19-16(22)15-9-14(20-21-15)13-6-2-3-8-18-13/h2-9H,1H3,(H,19,22)(H,20,21). The SMILES string of the molecule is Cc1c(Cl)cccc1NC(=O)c1cc(-c2ccccn2)n[nH]1. The van der Waals surface area contributed by atoms with Gasteiger partial charge >= 0.3 is 0 Å². The van der Waals surface area contributed by atoms with Crippen LogP contribution in [0.25, 0.3) is 11.4 Å². The first-order chi connectivity index (χ1) is 10.6. The molecule has 1 amide bonds. The summed E-state index contributed by atoms with van der Waals surface area (Å²) in [5.74, 6) is -0.278. The van der Waals surface area contributed by atoms with Crippen LogP contribution in [-0.2, 0) is 0 Å². The van der Waals surface area contributed by atoms with Crippen LogP contribution in [0.5, 0.6) is 0 Å². The topological polar surface area (TPSA) is 70.7 Å². The summed E-state index contributed by atoms with van der Waals surface area (Å²) in [5, 5.41) is 10.3. The predicted molar refractivity (Wildman–Crippen MR) is 86.0 cm³/mol. The third-order valence-corrected chi connectivity index (χ3v) is 3.68. The minimum absolute atomic E-state index is 0.278. The smallest absolute Gasteiger partial charge is 0.273 e. The fraction of sp³-hybridized carbons (Fsp3) is 0.0625. The molecule has 2 aromatic heterocycles. The zero-order valence-electron chi connectivity index (χ0n) is 11.8. The molecule has 22 heavy (non-hydrogen) atoms. The molecule has 0 atom stereocenters. The number of benzene rings is 1. The van der Waals surface area contributed by atoms with Gasteiger partial charge in [-0.05, 0) is 42.8 Å². The van der Waals surface area contributed by atoms with E-state index in [0.717, 1.165) is 5.56 Å². The van der Waals surface area contributed by atoms with Crippen molar-refractivity contribution in [2.24, 2.45) is 0 Å². The molecule has 0 radical (unpaired) electrons. The lowest BCUT2D eigenvalue weighted by Gasteiger charge is -2.08. The van der Waals surface area contributed by atoms with Gasteiger partial charge < -0.3 is 5.32 Å². The molecule has 0 aliphatic heterocycles. The zero-order chi connectivity index (χ0) is 15.5. The largest absolute Gasteiger partial charge is 0.320 e. The highest BCUT2D eigenvalue weighted by Crippen LogP contribution is 2.23. The van der Waals surface area contributed by atoms with Crippen molar-refractivity contribution in [2.75, 3.05) is 5.32 Å². The number of hydrogen-bond donors (Lipinski definition) is 2. The van der Waals surface area contributed by atoms with Crippen LogP contribution in [0.4, 0.5) is 5.69 Å². The fourth-order valence-corrected chi connectivity index (χ4v) is 2.19. The lowest BCUT2D eigenvalue weighted by atomic mass is 10.2. The van der Waals surface area contributed by atoms with E-state index in [4.69, 9.17) is 11.6 Å². The summed E-state index contributed by atoms with van der Waals surface area (Å²) < 4.78 is 0. The Hall–Kier alpha value is -2.66. The van der Waals surface area contributed by atoms with Crippen LogP contribution in [0.2, 0.25) is 5.02 Å². The molecular formula is C16H13ClN4O. The molecule has 0 saturated heterocycles. The van der Waals surface area contributed by atoms with E-state index in [0.29, 0.717) is 27.8 Å². The Morgan fingerprint density at radius 2 is 2.05 bits per heavy atom. The fourth-order valence-electron chi connectivity index (χ4n) is 2.02. The van der Waals surface area contributed by atoms with E-state index in [1.54, 1.807) is 30.5 Å². The van der Waals surface area contributed by atoms with Crippen molar-refractivity contribution >= 4 is 23.2 Å². The van der Waals surface area contributed by atoms with E-state index in [-0.39, 0.29) is 5.91 Å². The summed E-state index contributed by atoms with van der Waals surface area (Å²) >= 11 is 6.05. The Balaban J connectivity index is 1.82. The monoisotopic (exact) mass is 312 g/mol. The number of anilines is 1. The number of aromatic amines is 1. The number of halogens is 1. The second-order valence-electron chi connectivity index (χ2n) is 4.75. The maximum absolute atomic E-state index is 12.3. The van der Waals surface area contributed by atoms with Crippen molar-refractivity contribution in [3.05, 3.63) is 64.9 Å². The Labute approximate surface area is 132 Å². The normalized spacial score (nSPS) is 10.5. The average molecular weight is 313 g/mol. The van der Waals surface area contributed by atoms with Gasteiger partial charge in [0.1, 0.15) is 11.4 Å². The summed E-state index contributed by atoms with van der Waals surface area (Å²) in [5.41, 5.74) is 3.18. The summed E-state index contributed by atoms with van der Waals surface area (Å²) in [7, 11) is 0. The second kappa shape index (κ2) is 5.99. The number of nitrogens with one attached hydrogen (secondary N) is 2. The minimum Gasteiger partial charge on any atom is -0.320 e. The molecule has 0 saturated carbocycles. The second-order valence-corrected chi connectivity index (χ2v) is 5.16. The summed E-state index contributed by atoms with van der Waals surface area (Å²) in [6.45, 7) is 1.85. The molecular weight excluding hydrogens is 300 g/mol. The van der Waals surface area contributed by atoms with Crippen LogP contribution in [0.1, 0.15) is 16.1 Å². The van der Waals surface area contributed by atoms with Gasteiger partial charge in [0.25, 0.3) is 5.91 Å². The molecule has 0 aliphatic rings. The summed E-state index contributed by atoms with van der Waals surface area (Å²) in [4.78, 5) is 16.5. The van der Waals surface area contributed by atoms with E-state index in [1.807, 2.05) is 25.1 Å². The number of rotatable bonds is 3. The van der Waals surface area contributed by atoms with Gasteiger partial charge in [-0.2, -0.15) is 5.10 Å². The predicted octanol–water partition coefficient (Wildman–Crippen LogP) is 3.69. The number of aromatic nitrogens is 3. The Morgan fingerprint density at radius 1 is 1.18 bits per heavy atom. The first kappa shape index (κ1) is 14.3. The van der Waals surface area contributed by atoms with E-state index in [2.05, 4.69) is 20.5 Å². The number of carbonyl (C=O) groups excluding carboxylic acids is 1. The molecule has 5 nitrogen and oxygen atoms in total. The Bertz CT molecular complexity index is 814. The molecule has 6 heteroatoms. The van der Waals surface area contributed by atoms with Gasteiger partial charge in [-0.1, -0.05) is 23.7 Å². The van der Waals surface area contributed by atoms with Crippen LogP contribution in [0, 0.1) is 6.92 Å². The van der Waals surface area contributed by atoms with Crippen molar-refractivity contribution in [1.82, 2.24) is 15.2 Å². The lowest BCUT2D eigenvalue weighted by Crippen LogP contribution is -2.13. The molecule has 3 rings (SSSR count). The van der Waals surface area contributed by atoms with Crippen molar-refractivity contribution in [3.63, 3.8) is 0 Å². The van der Waals surface area contributed by atoms with Gasteiger partial charge in [0.05, 0.1) is 5.69 Å². The highest BCUT2D eigenvalue weighted by Gasteiger charge is 2.13.